The fourth-order valence-corrected chi connectivity index (χ4v) is 1.26. The van der Waals surface area contributed by atoms with E-state index in [9.17, 15) is 18.3 Å². The maximum absolute atomic E-state index is 12.2. The molecule has 0 bridgehead atoms. The highest BCUT2D eigenvalue weighted by molar-refractivity contribution is 5.27. The largest absolute Gasteiger partial charge is 0.416 e. The summed E-state index contributed by atoms with van der Waals surface area (Å²) in [6.07, 6.45) is -5.33. The van der Waals surface area contributed by atoms with Crippen LogP contribution in [0.2, 0.25) is 0 Å². The lowest BCUT2D eigenvalue weighted by atomic mass is 10.0. The summed E-state index contributed by atoms with van der Waals surface area (Å²) in [6, 6.07) is 3.57. The zero-order valence-electron chi connectivity index (χ0n) is 8.41. The minimum Gasteiger partial charge on any atom is -0.390 e. The third kappa shape index (κ3) is 2.94. The van der Waals surface area contributed by atoms with Crippen LogP contribution < -0.4 is 11.5 Å². The van der Waals surface area contributed by atoms with E-state index in [4.69, 9.17) is 11.5 Å². The van der Waals surface area contributed by atoms with Crippen LogP contribution >= 0.6 is 0 Å². The van der Waals surface area contributed by atoms with E-state index in [2.05, 4.69) is 0 Å². The SMILES string of the molecule is NCC(O)C(N)c1ccc(C(F)(F)F)cc1. The first-order valence-corrected chi connectivity index (χ1v) is 4.67. The summed E-state index contributed by atoms with van der Waals surface area (Å²) in [7, 11) is 0. The number of aliphatic hydroxyl groups excluding tert-OH is 1. The number of hydrogen-bond acceptors (Lipinski definition) is 3. The van der Waals surface area contributed by atoms with Gasteiger partial charge in [0.2, 0.25) is 0 Å². The second-order valence-corrected chi connectivity index (χ2v) is 3.45. The fraction of sp³-hybridized carbons (Fsp3) is 0.400. The highest BCUT2D eigenvalue weighted by Gasteiger charge is 2.30. The van der Waals surface area contributed by atoms with Crippen LogP contribution in [0.3, 0.4) is 0 Å². The molecule has 0 saturated carbocycles. The van der Waals surface area contributed by atoms with Gasteiger partial charge in [0.1, 0.15) is 0 Å². The second kappa shape index (κ2) is 4.82. The van der Waals surface area contributed by atoms with Gasteiger partial charge >= 0.3 is 6.18 Å². The Morgan fingerprint density at radius 3 is 2.06 bits per heavy atom. The van der Waals surface area contributed by atoms with Crippen molar-refractivity contribution in [3.63, 3.8) is 0 Å². The number of rotatable bonds is 3. The molecule has 5 N–H and O–H groups in total. The van der Waals surface area contributed by atoms with E-state index >= 15 is 0 Å². The molecule has 3 nitrogen and oxygen atoms in total. The normalized spacial score (nSPS) is 15.9. The number of hydrogen-bond donors (Lipinski definition) is 3. The molecule has 90 valence electrons. The predicted octanol–water partition coefficient (Wildman–Crippen LogP) is 1.02. The Morgan fingerprint density at radius 1 is 1.19 bits per heavy atom. The molecular formula is C10H13F3N2O. The Hall–Kier alpha value is -1.11. The Morgan fingerprint density at radius 2 is 1.69 bits per heavy atom. The Labute approximate surface area is 90.9 Å². The maximum Gasteiger partial charge on any atom is 0.416 e. The fourth-order valence-electron chi connectivity index (χ4n) is 1.26. The van der Waals surface area contributed by atoms with Crippen LogP contribution in [0.1, 0.15) is 17.2 Å². The molecular weight excluding hydrogens is 221 g/mol. The molecule has 0 amide bonds. The van der Waals surface area contributed by atoms with Gasteiger partial charge in [-0.15, -0.1) is 0 Å². The molecule has 1 aromatic rings. The molecule has 0 fully saturated rings. The molecule has 1 aromatic carbocycles. The van der Waals surface area contributed by atoms with Gasteiger partial charge in [0.15, 0.2) is 0 Å². The lowest BCUT2D eigenvalue weighted by Gasteiger charge is -2.18. The Bertz CT molecular complexity index is 337. The zero-order valence-corrected chi connectivity index (χ0v) is 8.41. The summed E-state index contributed by atoms with van der Waals surface area (Å²) in [5.41, 5.74) is 10.5. The van der Waals surface area contributed by atoms with Crippen molar-refractivity contribution >= 4 is 0 Å². The Balaban J connectivity index is 2.87. The monoisotopic (exact) mass is 234 g/mol. The van der Waals surface area contributed by atoms with Gasteiger partial charge in [-0.1, -0.05) is 12.1 Å². The van der Waals surface area contributed by atoms with Crippen LogP contribution in [-0.2, 0) is 6.18 Å². The number of aliphatic hydroxyl groups is 1. The first kappa shape index (κ1) is 13.0. The third-order valence-electron chi connectivity index (χ3n) is 2.28. The van der Waals surface area contributed by atoms with Crippen molar-refractivity contribution in [3.05, 3.63) is 35.4 Å². The van der Waals surface area contributed by atoms with E-state index in [0.29, 0.717) is 5.56 Å². The van der Waals surface area contributed by atoms with Gasteiger partial charge in [0, 0.05) is 6.54 Å². The summed E-state index contributed by atoms with van der Waals surface area (Å²) in [4.78, 5) is 0. The molecule has 0 aromatic heterocycles. The van der Waals surface area contributed by atoms with Gasteiger partial charge < -0.3 is 16.6 Å². The van der Waals surface area contributed by atoms with Gasteiger partial charge in [0.05, 0.1) is 17.7 Å². The Kier molecular flexibility index (Phi) is 3.90. The molecule has 0 aliphatic carbocycles. The summed E-state index contributed by atoms with van der Waals surface area (Å²) in [5.74, 6) is 0. The average Bonchev–Trinajstić information content (AvgIpc) is 2.26. The molecule has 0 aliphatic heterocycles. The van der Waals surface area contributed by atoms with E-state index in [-0.39, 0.29) is 6.54 Å². The third-order valence-corrected chi connectivity index (χ3v) is 2.28. The summed E-state index contributed by atoms with van der Waals surface area (Å²) in [6.45, 7) is -0.0395. The molecule has 16 heavy (non-hydrogen) atoms. The van der Waals surface area contributed by atoms with Gasteiger partial charge in [0.25, 0.3) is 0 Å². The predicted molar refractivity (Wildman–Crippen MR) is 53.4 cm³/mol. The summed E-state index contributed by atoms with van der Waals surface area (Å²) in [5, 5.41) is 9.34. The van der Waals surface area contributed by atoms with E-state index < -0.39 is 23.9 Å². The highest BCUT2D eigenvalue weighted by Crippen LogP contribution is 2.29. The van der Waals surface area contributed by atoms with Crippen LogP contribution in [0.4, 0.5) is 13.2 Å². The van der Waals surface area contributed by atoms with Gasteiger partial charge in [-0.3, -0.25) is 0 Å². The topological polar surface area (TPSA) is 72.3 Å². The quantitative estimate of drug-likeness (QED) is 0.731. The van der Waals surface area contributed by atoms with E-state index in [1.54, 1.807) is 0 Å². The van der Waals surface area contributed by atoms with E-state index in [1.807, 2.05) is 0 Å². The molecule has 0 aliphatic rings. The average molecular weight is 234 g/mol. The van der Waals surface area contributed by atoms with Gasteiger partial charge in [-0.2, -0.15) is 13.2 Å². The minimum atomic E-state index is -4.37. The minimum absolute atomic E-state index is 0.0395. The summed E-state index contributed by atoms with van der Waals surface area (Å²) >= 11 is 0. The van der Waals surface area contributed by atoms with Crippen molar-refractivity contribution < 1.29 is 18.3 Å². The summed E-state index contributed by atoms with van der Waals surface area (Å²) < 4.78 is 36.7. The molecule has 1 rings (SSSR count). The van der Waals surface area contributed by atoms with Crippen LogP contribution in [0.25, 0.3) is 0 Å². The first-order chi connectivity index (χ1) is 7.36. The maximum atomic E-state index is 12.2. The second-order valence-electron chi connectivity index (χ2n) is 3.45. The van der Waals surface area contributed by atoms with Crippen LogP contribution in [-0.4, -0.2) is 17.8 Å². The molecule has 0 saturated heterocycles. The lowest BCUT2D eigenvalue weighted by molar-refractivity contribution is -0.137. The number of halogens is 3. The molecule has 0 heterocycles. The molecule has 0 spiro atoms. The number of nitrogens with two attached hydrogens (primary N) is 2. The van der Waals surface area contributed by atoms with Gasteiger partial charge in [-0.05, 0) is 17.7 Å². The van der Waals surface area contributed by atoms with Gasteiger partial charge in [-0.25, -0.2) is 0 Å². The molecule has 2 atom stereocenters. The van der Waals surface area contributed by atoms with Crippen molar-refractivity contribution in [2.45, 2.75) is 18.3 Å². The van der Waals surface area contributed by atoms with Crippen LogP contribution in [0.5, 0.6) is 0 Å². The standard InChI is InChI=1S/C10H13F3N2O/c11-10(12,13)7-3-1-6(2-4-7)9(15)8(16)5-14/h1-4,8-9,16H,5,14-15H2. The molecule has 0 radical (unpaired) electrons. The van der Waals surface area contributed by atoms with Crippen molar-refractivity contribution in [3.8, 4) is 0 Å². The first-order valence-electron chi connectivity index (χ1n) is 4.67. The zero-order chi connectivity index (χ0) is 12.3. The van der Waals surface area contributed by atoms with E-state index in [1.165, 1.54) is 12.1 Å². The van der Waals surface area contributed by atoms with Crippen molar-refractivity contribution in [1.82, 2.24) is 0 Å². The molecule has 6 heteroatoms. The molecule has 2 unspecified atom stereocenters. The van der Waals surface area contributed by atoms with Crippen LogP contribution in [0, 0.1) is 0 Å². The lowest BCUT2D eigenvalue weighted by Crippen LogP contribution is -2.32. The van der Waals surface area contributed by atoms with Crippen LogP contribution in [0.15, 0.2) is 24.3 Å². The smallest absolute Gasteiger partial charge is 0.390 e. The van der Waals surface area contributed by atoms with Crippen molar-refractivity contribution in [1.29, 1.82) is 0 Å². The number of alkyl halides is 3. The highest BCUT2D eigenvalue weighted by atomic mass is 19.4. The van der Waals surface area contributed by atoms with E-state index in [0.717, 1.165) is 12.1 Å². The number of benzene rings is 1. The van der Waals surface area contributed by atoms with Crippen molar-refractivity contribution in [2.75, 3.05) is 6.54 Å². The van der Waals surface area contributed by atoms with Crippen molar-refractivity contribution in [2.24, 2.45) is 11.5 Å².